The van der Waals surface area contributed by atoms with E-state index in [9.17, 15) is 14.0 Å². The van der Waals surface area contributed by atoms with Crippen LogP contribution in [0.5, 0.6) is 5.75 Å². The van der Waals surface area contributed by atoms with Crippen molar-refractivity contribution in [3.05, 3.63) is 53.5 Å². The molecule has 0 bridgehead atoms. The minimum Gasteiger partial charge on any atom is -0.495 e. The first-order valence-electron chi connectivity index (χ1n) is 7.84. The molecule has 1 heterocycles. The number of hydrogen-bond acceptors (Lipinski definition) is 4. The van der Waals surface area contributed by atoms with Gasteiger partial charge in [-0.2, -0.15) is 0 Å². The van der Waals surface area contributed by atoms with Crippen molar-refractivity contribution in [1.82, 2.24) is 0 Å². The van der Waals surface area contributed by atoms with Crippen LogP contribution in [0.3, 0.4) is 0 Å². The second-order valence-electron chi connectivity index (χ2n) is 5.75. The summed E-state index contributed by atoms with van der Waals surface area (Å²) in [5, 5.41) is 5.88. The monoisotopic (exact) mass is 356 g/mol. The number of amides is 2. The normalized spacial score (nSPS) is 10.6. The van der Waals surface area contributed by atoms with E-state index in [2.05, 4.69) is 10.6 Å². The molecule has 0 aliphatic carbocycles. The lowest BCUT2D eigenvalue weighted by atomic mass is 10.1. The molecular formula is C19H17FN2O4. The van der Waals surface area contributed by atoms with Gasteiger partial charge in [0.25, 0.3) is 5.91 Å². The molecule has 0 radical (unpaired) electrons. The second-order valence-corrected chi connectivity index (χ2v) is 5.75. The van der Waals surface area contributed by atoms with Crippen LogP contribution in [0, 0.1) is 12.7 Å². The van der Waals surface area contributed by atoms with Crippen LogP contribution < -0.4 is 15.4 Å². The SMILES string of the molecule is COc1ccc(NC(C)=O)cc1NC(=O)c1oc2ccc(F)cc2c1C. The van der Waals surface area contributed by atoms with Gasteiger partial charge in [-0.15, -0.1) is 0 Å². The molecule has 0 atom stereocenters. The van der Waals surface area contributed by atoms with E-state index in [0.717, 1.165) is 0 Å². The molecule has 1 aromatic heterocycles. The molecule has 6 nitrogen and oxygen atoms in total. The molecule has 2 aromatic carbocycles. The van der Waals surface area contributed by atoms with Gasteiger partial charge >= 0.3 is 0 Å². The number of nitrogens with one attached hydrogen (secondary N) is 2. The van der Waals surface area contributed by atoms with Crippen molar-refractivity contribution in [2.75, 3.05) is 17.7 Å². The first kappa shape index (κ1) is 17.5. The molecular weight excluding hydrogens is 339 g/mol. The van der Waals surface area contributed by atoms with Crippen molar-refractivity contribution < 1.29 is 23.1 Å². The predicted octanol–water partition coefficient (Wildman–Crippen LogP) is 4.10. The van der Waals surface area contributed by atoms with Gasteiger partial charge < -0.3 is 19.8 Å². The maximum absolute atomic E-state index is 13.4. The highest BCUT2D eigenvalue weighted by atomic mass is 19.1. The predicted molar refractivity (Wildman–Crippen MR) is 96.2 cm³/mol. The summed E-state index contributed by atoms with van der Waals surface area (Å²) in [4.78, 5) is 23.9. The minimum atomic E-state index is -0.502. The Bertz CT molecular complexity index is 1010. The largest absolute Gasteiger partial charge is 0.495 e. The van der Waals surface area contributed by atoms with Crippen LogP contribution in [-0.4, -0.2) is 18.9 Å². The molecule has 0 saturated carbocycles. The molecule has 2 amide bonds. The summed E-state index contributed by atoms with van der Waals surface area (Å²) in [5.41, 5.74) is 1.84. The van der Waals surface area contributed by atoms with Crippen molar-refractivity contribution in [3.63, 3.8) is 0 Å². The Hall–Kier alpha value is -3.35. The van der Waals surface area contributed by atoms with E-state index in [-0.39, 0.29) is 11.7 Å². The first-order chi connectivity index (χ1) is 12.4. The molecule has 0 fully saturated rings. The van der Waals surface area contributed by atoms with E-state index >= 15 is 0 Å². The van der Waals surface area contributed by atoms with Crippen molar-refractivity contribution in [2.45, 2.75) is 13.8 Å². The Kier molecular flexibility index (Phi) is 4.62. The zero-order chi connectivity index (χ0) is 18.8. The fourth-order valence-electron chi connectivity index (χ4n) is 2.68. The number of halogens is 1. The van der Waals surface area contributed by atoms with Gasteiger partial charge in [0, 0.05) is 23.6 Å². The molecule has 3 rings (SSSR count). The summed E-state index contributed by atoms with van der Waals surface area (Å²) in [6.45, 7) is 3.07. The average Bonchev–Trinajstić information content (AvgIpc) is 2.91. The van der Waals surface area contributed by atoms with Gasteiger partial charge in [0.15, 0.2) is 5.76 Å². The third-order valence-corrected chi connectivity index (χ3v) is 3.87. The van der Waals surface area contributed by atoms with Crippen LogP contribution in [-0.2, 0) is 4.79 Å². The summed E-state index contributed by atoms with van der Waals surface area (Å²) in [6, 6.07) is 8.94. The number of hydrogen-bond donors (Lipinski definition) is 2. The number of carbonyl (C=O) groups excluding carboxylic acids is 2. The van der Waals surface area contributed by atoms with E-state index in [0.29, 0.717) is 33.7 Å². The molecule has 134 valence electrons. The molecule has 7 heteroatoms. The Balaban J connectivity index is 1.94. The zero-order valence-corrected chi connectivity index (χ0v) is 14.5. The number of rotatable bonds is 4. The number of methoxy groups -OCH3 is 1. The quantitative estimate of drug-likeness (QED) is 0.737. The van der Waals surface area contributed by atoms with Gasteiger partial charge in [0.2, 0.25) is 5.91 Å². The summed E-state index contributed by atoms with van der Waals surface area (Å²) < 4.78 is 24.2. The van der Waals surface area contributed by atoms with Crippen LogP contribution in [0.2, 0.25) is 0 Å². The smallest absolute Gasteiger partial charge is 0.291 e. The summed E-state index contributed by atoms with van der Waals surface area (Å²) in [7, 11) is 1.47. The lowest BCUT2D eigenvalue weighted by Gasteiger charge is -2.12. The lowest BCUT2D eigenvalue weighted by molar-refractivity contribution is -0.114. The van der Waals surface area contributed by atoms with Crippen LogP contribution in [0.25, 0.3) is 11.0 Å². The van der Waals surface area contributed by atoms with E-state index in [4.69, 9.17) is 9.15 Å². The molecule has 2 N–H and O–H groups in total. The number of fused-ring (bicyclic) bond motifs is 1. The summed E-state index contributed by atoms with van der Waals surface area (Å²) in [6.07, 6.45) is 0. The number of benzene rings is 2. The highest BCUT2D eigenvalue weighted by Gasteiger charge is 2.19. The fourth-order valence-corrected chi connectivity index (χ4v) is 2.68. The Morgan fingerprint density at radius 3 is 2.58 bits per heavy atom. The van der Waals surface area contributed by atoms with Crippen molar-refractivity contribution in [3.8, 4) is 5.75 Å². The van der Waals surface area contributed by atoms with Crippen molar-refractivity contribution in [1.29, 1.82) is 0 Å². The second kappa shape index (κ2) is 6.87. The van der Waals surface area contributed by atoms with Crippen LogP contribution in [0.1, 0.15) is 23.0 Å². The molecule has 0 unspecified atom stereocenters. The lowest BCUT2D eigenvalue weighted by Crippen LogP contribution is -2.13. The van der Waals surface area contributed by atoms with Gasteiger partial charge in [-0.25, -0.2) is 4.39 Å². The maximum atomic E-state index is 13.4. The first-order valence-corrected chi connectivity index (χ1v) is 7.84. The van der Waals surface area contributed by atoms with Gasteiger partial charge in [0.1, 0.15) is 17.1 Å². The minimum absolute atomic E-state index is 0.0811. The number of aryl methyl sites for hydroxylation is 1. The van der Waals surface area contributed by atoms with Gasteiger partial charge in [-0.3, -0.25) is 9.59 Å². The topological polar surface area (TPSA) is 80.6 Å². The molecule has 3 aromatic rings. The van der Waals surface area contributed by atoms with Crippen LogP contribution in [0.15, 0.2) is 40.8 Å². The van der Waals surface area contributed by atoms with E-state index in [1.807, 2.05) is 0 Å². The summed E-state index contributed by atoms with van der Waals surface area (Å²) in [5.74, 6) is -0.636. The Morgan fingerprint density at radius 1 is 1.12 bits per heavy atom. The van der Waals surface area contributed by atoms with Crippen LogP contribution in [0.4, 0.5) is 15.8 Å². The number of furan rings is 1. The van der Waals surface area contributed by atoms with E-state index < -0.39 is 11.7 Å². The third kappa shape index (κ3) is 3.37. The number of ether oxygens (including phenoxy) is 1. The van der Waals surface area contributed by atoms with Crippen molar-refractivity contribution in [2.24, 2.45) is 0 Å². The fraction of sp³-hybridized carbons (Fsp3) is 0.158. The summed E-state index contributed by atoms with van der Waals surface area (Å²) >= 11 is 0. The standard InChI is InChI=1S/C19H17FN2O4/c1-10-14-8-12(20)4-6-16(14)26-18(10)19(24)22-15-9-13(21-11(2)23)5-7-17(15)25-3/h4-9H,1-3H3,(H,21,23)(H,22,24). The van der Waals surface area contributed by atoms with Crippen LogP contribution >= 0.6 is 0 Å². The molecule has 0 spiro atoms. The molecule has 26 heavy (non-hydrogen) atoms. The van der Waals surface area contributed by atoms with Gasteiger partial charge in [-0.05, 0) is 43.3 Å². The molecule has 0 aliphatic heterocycles. The molecule has 0 saturated heterocycles. The number of anilines is 2. The maximum Gasteiger partial charge on any atom is 0.291 e. The highest BCUT2D eigenvalue weighted by Crippen LogP contribution is 2.30. The zero-order valence-electron chi connectivity index (χ0n) is 14.5. The third-order valence-electron chi connectivity index (χ3n) is 3.87. The highest BCUT2D eigenvalue weighted by molar-refractivity contribution is 6.07. The van der Waals surface area contributed by atoms with E-state index in [1.165, 1.54) is 32.2 Å². The Morgan fingerprint density at radius 2 is 1.88 bits per heavy atom. The Labute approximate surface area is 148 Å². The number of carbonyl (C=O) groups is 2. The van der Waals surface area contributed by atoms with Gasteiger partial charge in [-0.1, -0.05) is 0 Å². The average molecular weight is 356 g/mol. The van der Waals surface area contributed by atoms with E-state index in [1.54, 1.807) is 25.1 Å². The van der Waals surface area contributed by atoms with Crippen molar-refractivity contribution >= 4 is 34.2 Å². The molecule has 0 aliphatic rings. The van der Waals surface area contributed by atoms with Gasteiger partial charge in [0.05, 0.1) is 12.8 Å².